The molecule has 1 N–H and O–H groups in total. The summed E-state index contributed by atoms with van der Waals surface area (Å²) < 4.78 is 5.17. The number of aryl methyl sites for hydroxylation is 1. The van der Waals surface area contributed by atoms with Gasteiger partial charge in [-0.2, -0.15) is 0 Å². The standard InChI is InChI=1S/C17H25NO/c1-4-6-7-8-16(18-5-2)12-9-15-10-13-17(19-3)14-11-15/h1,10-11,13-14,16,18H,5-9,12H2,2-3H3. The Morgan fingerprint density at radius 2 is 2.00 bits per heavy atom. The molecule has 0 aliphatic rings. The van der Waals surface area contributed by atoms with Gasteiger partial charge in [-0.1, -0.05) is 19.1 Å². The highest BCUT2D eigenvalue weighted by Gasteiger charge is 2.07. The maximum Gasteiger partial charge on any atom is 0.118 e. The summed E-state index contributed by atoms with van der Waals surface area (Å²) in [4.78, 5) is 0. The van der Waals surface area contributed by atoms with Crippen LogP contribution in [-0.2, 0) is 6.42 Å². The van der Waals surface area contributed by atoms with Gasteiger partial charge in [0.25, 0.3) is 0 Å². The molecule has 0 radical (unpaired) electrons. The zero-order valence-corrected chi connectivity index (χ0v) is 12.1. The third-order valence-electron chi connectivity index (χ3n) is 3.31. The number of terminal acetylenes is 1. The molecule has 0 saturated heterocycles. The van der Waals surface area contributed by atoms with Crippen LogP contribution in [0.1, 0.15) is 38.2 Å². The molecule has 0 bridgehead atoms. The molecule has 0 heterocycles. The van der Waals surface area contributed by atoms with Gasteiger partial charge in [0, 0.05) is 12.5 Å². The fourth-order valence-corrected chi connectivity index (χ4v) is 2.22. The van der Waals surface area contributed by atoms with E-state index in [4.69, 9.17) is 11.2 Å². The Morgan fingerprint density at radius 3 is 2.58 bits per heavy atom. The van der Waals surface area contributed by atoms with Crippen LogP contribution in [0.5, 0.6) is 5.75 Å². The molecule has 2 heteroatoms. The topological polar surface area (TPSA) is 21.3 Å². The maximum absolute atomic E-state index is 5.30. The van der Waals surface area contributed by atoms with Crippen molar-refractivity contribution in [2.45, 2.75) is 45.1 Å². The summed E-state index contributed by atoms with van der Waals surface area (Å²) >= 11 is 0. The first-order valence-electron chi connectivity index (χ1n) is 7.10. The van der Waals surface area contributed by atoms with Crippen molar-refractivity contribution in [1.29, 1.82) is 0 Å². The van der Waals surface area contributed by atoms with Crippen molar-refractivity contribution in [2.24, 2.45) is 0 Å². The van der Waals surface area contributed by atoms with Crippen LogP contribution in [0, 0.1) is 12.3 Å². The lowest BCUT2D eigenvalue weighted by Crippen LogP contribution is -2.29. The van der Waals surface area contributed by atoms with Gasteiger partial charge < -0.3 is 10.1 Å². The molecule has 0 fully saturated rings. The second kappa shape index (κ2) is 9.47. The molecule has 2 nitrogen and oxygen atoms in total. The van der Waals surface area contributed by atoms with E-state index in [2.05, 4.69) is 30.3 Å². The molecular weight excluding hydrogens is 234 g/mol. The minimum atomic E-state index is 0.570. The van der Waals surface area contributed by atoms with Gasteiger partial charge in [0.15, 0.2) is 0 Å². The van der Waals surface area contributed by atoms with Gasteiger partial charge in [0.05, 0.1) is 7.11 Å². The van der Waals surface area contributed by atoms with Gasteiger partial charge in [-0.05, 0) is 49.9 Å². The molecule has 19 heavy (non-hydrogen) atoms. The lowest BCUT2D eigenvalue weighted by molar-refractivity contribution is 0.414. The Morgan fingerprint density at radius 1 is 1.26 bits per heavy atom. The third kappa shape index (κ3) is 6.31. The number of hydrogen-bond acceptors (Lipinski definition) is 2. The summed E-state index contributed by atoms with van der Waals surface area (Å²) in [5, 5.41) is 3.54. The molecule has 1 unspecified atom stereocenters. The Hall–Kier alpha value is -1.46. The first kappa shape index (κ1) is 15.6. The monoisotopic (exact) mass is 259 g/mol. The average Bonchev–Trinajstić information content (AvgIpc) is 2.45. The van der Waals surface area contributed by atoms with Gasteiger partial charge in [-0.3, -0.25) is 0 Å². The quantitative estimate of drug-likeness (QED) is 0.542. The van der Waals surface area contributed by atoms with Crippen LogP contribution in [0.3, 0.4) is 0 Å². The normalized spacial score (nSPS) is 11.8. The van der Waals surface area contributed by atoms with Crippen LogP contribution in [0.4, 0.5) is 0 Å². The van der Waals surface area contributed by atoms with Crippen LogP contribution >= 0.6 is 0 Å². The number of hydrogen-bond donors (Lipinski definition) is 1. The van der Waals surface area contributed by atoms with Crippen molar-refractivity contribution in [2.75, 3.05) is 13.7 Å². The second-order valence-corrected chi connectivity index (χ2v) is 4.74. The van der Waals surface area contributed by atoms with Crippen molar-refractivity contribution in [3.8, 4) is 18.1 Å². The number of benzene rings is 1. The van der Waals surface area contributed by atoms with Crippen LogP contribution in [0.15, 0.2) is 24.3 Å². The molecule has 104 valence electrons. The molecule has 0 aliphatic carbocycles. The van der Waals surface area contributed by atoms with E-state index in [-0.39, 0.29) is 0 Å². The second-order valence-electron chi connectivity index (χ2n) is 4.74. The predicted octanol–water partition coefficient (Wildman–Crippen LogP) is 3.41. The van der Waals surface area contributed by atoms with E-state index in [1.54, 1.807) is 7.11 Å². The van der Waals surface area contributed by atoms with Crippen molar-refractivity contribution < 1.29 is 4.74 Å². The van der Waals surface area contributed by atoms with Gasteiger partial charge in [0.1, 0.15) is 5.75 Å². The smallest absolute Gasteiger partial charge is 0.118 e. The van der Waals surface area contributed by atoms with E-state index in [0.29, 0.717) is 6.04 Å². The van der Waals surface area contributed by atoms with Crippen LogP contribution in [0.25, 0.3) is 0 Å². The zero-order valence-electron chi connectivity index (χ0n) is 12.1. The van der Waals surface area contributed by atoms with Gasteiger partial charge in [0.2, 0.25) is 0 Å². The molecule has 1 atom stereocenters. The summed E-state index contributed by atoms with van der Waals surface area (Å²) in [6.45, 7) is 3.17. The Labute approximate surface area is 117 Å². The molecule has 0 aromatic heterocycles. The fraction of sp³-hybridized carbons (Fsp3) is 0.529. The van der Waals surface area contributed by atoms with Crippen molar-refractivity contribution in [3.63, 3.8) is 0 Å². The predicted molar refractivity (Wildman–Crippen MR) is 81.5 cm³/mol. The summed E-state index contributed by atoms with van der Waals surface area (Å²) in [6, 6.07) is 8.90. The van der Waals surface area contributed by atoms with Gasteiger partial charge in [-0.15, -0.1) is 12.3 Å². The van der Waals surface area contributed by atoms with E-state index in [1.165, 1.54) is 5.56 Å². The molecule has 0 spiro atoms. The first-order valence-corrected chi connectivity index (χ1v) is 7.10. The van der Waals surface area contributed by atoms with Crippen molar-refractivity contribution in [3.05, 3.63) is 29.8 Å². The Kier molecular flexibility index (Phi) is 7.77. The minimum absolute atomic E-state index is 0.570. The first-order chi connectivity index (χ1) is 9.30. The number of unbranched alkanes of at least 4 members (excludes halogenated alkanes) is 1. The highest BCUT2D eigenvalue weighted by Crippen LogP contribution is 2.14. The fourth-order valence-electron chi connectivity index (χ4n) is 2.22. The van der Waals surface area contributed by atoms with E-state index < -0.39 is 0 Å². The molecule has 1 aromatic rings. The lowest BCUT2D eigenvalue weighted by atomic mass is 10.0. The highest BCUT2D eigenvalue weighted by atomic mass is 16.5. The van der Waals surface area contributed by atoms with Crippen LogP contribution < -0.4 is 10.1 Å². The summed E-state index contributed by atoms with van der Waals surface area (Å²) in [5.41, 5.74) is 1.36. The Bertz CT molecular complexity index is 377. The SMILES string of the molecule is C#CCCCC(CCc1ccc(OC)cc1)NCC. The molecule has 1 rings (SSSR count). The maximum atomic E-state index is 5.30. The Balaban J connectivity index is 2.39. The zero-order chi connectivity index (χ0) is 13.9. The number of rotatable bonds is 9. The third-order valence-corrected chi connectivity index (χ3v) is 3.31. The summed E-state index contributed by atoms with van der Waals surface area (Å²) in [5.74, 6) is 3.63. The number of methoxy groups -OCH3 is 1. The molecule has 0 saturated carbocycles. The summed E-state index contributed by atoms with van der Waals surface area (Å²) in [6.07, 6.45) is 10.7. The van der Waals surface area contributed by atoms with Crippen molar-refractivity contribution >= 4 is 0 Å². The molecule has 1 aromatic carbocycles. The lowest BCUT2D eigenvalue weighted by Gasteiger charge is -2.17. The van der Waals surface area contributed by atoms with E-state index in [0.717, 1.165) is 44.4 Å². The van der Waals surface area contributed by atoms with Gasteiger partial charge in [-0.25, -0.2) is 0 Å². The van der Waals surface area contributed by atoms with Crippen molar-refractivity contribution in [1.82, 2.24) is 5.32 Å². The summed E-state index contributed by atoms with van der Waals surface area (Å²) in [7, 11) is 1.70. The minimum Gasteiger partial charge on any atom is -0.497 e. The number of nitrogens with one attached hydrogen (secondary N) is 1. The van der Waals surface area contributed by atoms with E-state index in [1.807, 2.05) is 12.1 Å². The molecule has 0 aliphatic heterocycles. The number of ether oxygens (including phenoxy) is 1. The highest BCUT2D eigenvalue weighted by molar-refractivity contribution is 5.27. The van der Waals surface area contributed by atoms with Crippen LogP contribution in [0.2, 0.25) is 0 Å². The van der Waals surface area contributed by atoms with E-state index in [9.17, 15) is 0 Å². The molecule has 0 amide bonds. The van der Waals surface area contributed by atoms with E-state index >= 15 is 0 Å². The van der Waals surface area contributed by atoms with Gasteiger partial charge >= 0.3 is 0 Å². The molecular formula is C17H25NO. The van der Waals surface area contributed by atoms with Crippen LogP contribution in [-0.4, -0.2) is 19.7 Å². The average molecular weight is 259 g/mol. The largest absolute Gasteiger partial charge is 0.497 e.